The number of nitrogens with zero attached hydrogens (tertiary/aromatic N) is 4. The van der Waals surface area contributed by atoms with Crippen LogP contribution in [0.1, 0.15) is 59.8 Å². The third-order valence-corrected chi connectivity index (χ3v) is 6.95. The van der Waals surface area contributed by atoms with E-state index in [1.165, 1.54) is 18.9 Å². The molecule has 8 nitrogen and oxygen atoms in total. The van der Waals surface area contributed by atoms with Gasteiger partial charge in [0.1, 0.15) is 16.6 Å². The quantitative estimate of drug-likeness (QED) is 0.491. The number of pyridine rings is 2. The minimum absolute atomic E-state index is 0.0969. The van der Waals surface area contributed by atoms with Crippen LogP contribution in [-0.2, 0) is 6.54 Å². The van der Waals surface area contributed by atoms with Crippen LogP contribution >= 0.6 is 11.6 Å². The van der Waals surface area contributed by atoms with Crippen molar-refractivity contribution in [1.82, 2.24) is 14.4 Å². The lowest BCUT2D eigenvalue weighted by Crippen LogP contribution is -2.37. The Morgan fingerprint density at radius 3 is 2.62 bits per heavy atom. The first-order valence-corrected chi connectivity index (χ1v) is 11.9. The second-order valence-electron chi connectivity index (χ2n) is 9.32. The van der Waals surface area contributed by atoms with Crippen molar-refractivity contribution in [1.29, 1.82) is 0 Å². The lowest BCUT2D eigenvalue weighted by atomic mass is 9.86. The number of aromatic carboxylic acids is 1. The number of nitrogens with one attached hydrogen (secondary N) is 1. The Kier molecular flexibility index (Phi) is 6.79. The van der Waals surface area contributed by atoms with Crippen LogP contribution in [0.2, 0.25) is 5.15 Å². The van der Waals surface area contributed by atoms with Crippen molar-refractivity contribution in [2.24, 2.45) is 5.92 Å². The number of aromatic nitrogens is 3. The number of carboxylic acids is 1. The van der Waals surface area contributed by atoms with E-state index < -0.39 is 5.97 Å². The Morgan fingerprint density at radius 1 is 1.24 bits per heavy atom. The van der Waals surface area contributed by atoms with E-state index in [-0.39, 0.29) is 23.0 Å². The van der Waals surface area contributed by atoms with Crippen LogP contribution in [0.4, 0.5) is 11.5 Å². The number of carbonyl (C=O) groups is 1. The maximum absolute atomic E-state index is 13.3. The molecule has 9 heteroatoms. The summed E-state index contributed by atoms with van der Waals surface area (Å²) < 4.78 is 1.58. The standard InChI is InChI=1S/C25H30ClN5O3/c1-14-5-7-18(8-6-14)30(4)22-16(3)24(32)31-13-15(2)11-17(23(31)29-22)12-27-19-9-10-20(26)28-21(19)25(33)34/h9-11,13-14,18,27H,5-8,12H2,1-4H3,(H,33,34). The smallest absolute Gasteiger partial charge is 0.356 e. The SMILES string of the molecule is Cc1cc(CNc2ccc(Cl)nc2C(=O)O)c2nc(N(C)C3CCC(C)CC3)c(C)c(=O)n2c1. The maximum Gasteiger partial charge on any atom is 0.356 e. The first-order chi connectivity index (χ1) is 16.2. The van der Waals surface area contributed by atoms with Crippen molar-refractivity contribution in [3.63, 3.8) is 0 Å². The summed E-state index contributed by atoms with van der Waals surface area (Å²) in [5, 5.41) is 12.7. The molecule has 4 rings (SSSR count). The van der Waals surface area contributed by atoms with Gasteiger partial charge in [-0.15, -0.1) is 0 Å². The Balaban J connectivity index is 1.73. The third-order valence-electron chi connectivity index (χ3n) is 6.74. The van der Waals surface area contributed by atoms with E-state index >= 15 is 0 Å². The molecule has 0 aliphatic heterocycles. The van der Waals surface area contributed by atoms with E-state index in [1.807, 2.05) is 27.0 Å². The topological polar surface area (TPSA) is 99.8 Å². The van der Waals surface area contributed by atoms with E-state index in [1.54, 1.807) is 16.7 Å². The molecule has 3 heterocycles. The Labute approximate surface area is 203 Å². The number of hydrogen-bond acceptors (Lipinski definition) is 6. The molecule has 0 atom stereocenters. The second kappa shape index (κ2) is 9.62. The fourth-order valence-electron chi connectivity index (χ4n) is 4.74. The second-order valence-corrected chi connectivity index (χ2v) is 9.70. The largest absolute Gasteiger partial charge is 0.476 e. The van der Waals surface area contributed by atoms with Gasteiger partial charge in [0.15, 0.2) is 5.69 Å². The molecule has 180 valence electrons. The number of aryl methyl sites for hydroxylation is 1. The average molecular weight is 484 g/mol. The molecule has 0 bridgehead atoms. The summed E-state index contributed by atoms with van der Waals surface area (Å²) in [5.74, 6) is 0.267. The molecule has 0 aromatic carbocycles. The zero-order valence-corrected chi connectivity index (χ0v) is 20.7. The van der Waals surface area contributed by atoms with Gasteiger partial charge in [-0.2, -0.15) is 0 Å². The van der Waals surface area contributed by atoms with Gasteiger partial charge in [0, 0.05) is 31.4 Å². The van der Waals surface area contributed by atoms with Crippen LogP contribution in [-0.4, -0.2) is 38.5 Å². The Bertz CT molecular complexity index is 1300. The zero-order valence-electron chi connectivity index (χ0n) is 19.9. The van der Waals surface area contributed by atoms with Gasteiger partial charge in [0.2, 0.25) is 0 Å². The first-order valence-electron chi connectivity index (χ1n) is 11.5. The lowest BCUT2D eigenvalue weighted by molar-refractivity contribution is 0.0691. The van der Waals surface area contributed by atoms with Gasteiger partial charge in [-0.1, -0.05) is 18.5 Å². The van der Waals surface area contributed by atoms with Crippen molar-refractivity contribution in [2.75, 3.05) is 17.3 Å². The van der Waals surface area contributed by atoms with E-state index in [9.17, 15) is 14.7 Å². The first kappa shape index (κ1) is 24.0. The normalized spacial score (nSPS) is 18.1. The summed E-state index contributed by atoms with van der Waals surface area (Å²) in [6.45, 7) is 6.31. The highest BCUT2D eigenvalue weighted by atomic mass is 35.5. The van der Waals surface area contributed by atoms with Gasteiger partial charge in [-0.05, 0) is 69.2 Å². The highest BCUT2D eigenvalue weighted by molar-refractivity contribution is 6.29. The van der Waals surface area contributed by atoms with Crippen LogP contribution in [0.25, 0.3) is 5.65 Å². The van der Waals surface area contributed by atoms with Gasteiger partial charge in [-0.25, -0.2) is 14.8 Å². The van der Waals surface area contributed by atoms with E-state index in [0.717, 1.165) is 29.9 Å². The molecule has 1 saturated carbocycles. The molecule has 0 spiro atoms. The highest BCUT2D eigenvalue weighted by Gasteiger charge is 2.25. The van der Waals surface area contributed by atoms with Crippen molar-refractivity contribution in [3.05, 3.63) is 62.3 Å². The molecular weight excluding hydrogens is 454 g/mol. The number of hydrogen-bond donors (Lipinski definition) is 2. The minimum atomic E-state index is -1.17. The number of rotatable bonds is 6. The molecule has 0 radical (unpaired) electrons. The summed E-state index contributed by atoms with van der Waals surface area (Å²) in [4.78, 5) is 35.9. The number of halogens is 1. The van der Waals surface area contributed by atoms with Crippen LogP contribution in [0.15, 0.2) is 29.2 Å². The van der Waals surface area contributed by atoms with Crippen molar-refractivity contribution < 1.29 is 9.90 Å². The predicted octanol–water partition coefficient (Wildman–Crippen LogP) is 4.68. The van der Waals surface area contributed by atoms with Crippen molar-refractivity contribution in [3.8, 4) is 0 Å². The van der Waals surface area contributed by atoms with Crippen LogP contribution in [0.3, 0.4) is 0 Å². The lowest BCUT2D eigenvalue weighted by Gasteiger charge is -2.35. The zero-order chi connectivity index (χ0) is 24.6. The van der Waals surface area contributed by atoms with Crippen LogP contribution < -0.4 is 15.8 Å². The van der Waals surface area contributed by atoms with Gasteiger partial charge in [0.25, 0.3) is 5.56 Å². The van der Waals surface area contributed by atoms with Gasteiger partial charge >= 0.3 is 5.97 Å². The van der Waals surface area contributed by atoms with E-state index in [2.05, 4.69) is 22.1 Å². The maximum atomic E-state index is 13.3. The molecule has 3 aromatic rings. The van der Waals surface area contributed by atoms with Crippen molar-refractivity contribution >= 4 is 34.7 Å². The molecular formula is C25H30ClN5O3. The fourth-order valence-corrected chi connectivity index (χ4v) is 4.89. The fraction of sp³-hybridized carbons (Fsp3) is 0.440. The average Bonchev–Trinajstić information content (AvgIpc) is 2.80. The molecule has 34 heavy (non-hydrogen) atoms. The van der Waals surface area contributed by atoms with Crippen LogP contribution in [0.5, 0.6) is 0 Å². The Morgan fingerprint density at radius 2 is 1.94 bits per heavy atom. The highest BCUT2D eigenvalue weighted by Crippen LogP contribution is 2.30. The molecule has 1 fully saturated rings. The number of anilines is 2. The Hall–Kier alpha value is -3.13. The molecule has 3 aromatic heterocycles. The minimum Gasteiger partial charge on any atom is -0.476 e. The molecule has 1 aliphatic carbocycles. The van der Waals surface area contributed by atoms with E-state index in [0.29, 0.717) is 28.8 Å². The number of carboxylic acid groups (broad SMARTS) is 1. The number of fused-ring (bicyclic) bond motifs is 1. The molecule has 0 amide bonds. The van der Waals surface area contributed by atoms with Gasteiger partial charge < -0.3 is 15.3 Å². The van der Waals surface area contributed by atoms with Crippen molar-refractivity contribution in [2.45, 2.75) is 59.0 Å². The summed E-state index contributed by atoms with van der Waals surface area (Å²) in [5.41, 5.74) is 2.96. The molecule has 0 unspecified atom stereocenters. The summed E-state index contributed by atoms with van der Waals surface area (Å²) in [7, 11) is 2.02. The van der Waals surface area contributed by atoms with Gasteiger partial charge in [0.05, 0.1) is 11.3 Å². The summed E-state index contributed by atoms with van der Waals surface area (Å²) >= 11 is 5.87. The van der Waals surface area contributed by atoms with Crippen LogP contribution in [0, 0.1) is 19.8 Å². The van der Waals surface area contributed by atoms with Gasteiger partial charge in [-0.3, -0.25) is 9.20 Å². The summed E-state index contributed by atoms with van der Waals surface area (Å²) in [6.07, 6.45) is 6.32. The predicted molar refractivity (Wildman–Crippen MR) is 134 cm³/mol. The molecule has 0 saturated heterocycles. The van der Waals surface area contributed by atoms with E-state index in [4.69, 9.17) is 16.6 Å². The summed E-state index contributed by atoms with van der Waals surface area (Å²) in [6, 6.07) is 5.44. The monoisotopic (exact) mass is 483 g/mol. The third kappa shape index (κ3) is 4.73. The molecule has 2 N–H and O–H groups in total. The molecule has 1 aliphatic rings.